The molecule has 186 valence electrons. The summed E-state index contributed by atoms with van der Waals surface area (Å²) in [4.78, 5) is 40.0. The van der Waals surface area contributed by atoms with Gasteiger partial charge in [0.2, 0.25) is 5.91 Å². The molecule has 3 aromatic carbocycles. The first-order valence-electron chi connectivity index (χ1n) is 12.2. The van der Waals surface area contributed by atoms with Gasteiger partial charge in [0.25, 0.3) is 11.8 Å². The summed E-state index contributed by atoms with van der Waals surface area (Å²) in [6.07, 6.45) is 0.800. The van der Waals surface area contributed by atoms with Crippen molar-refractivity contribution in [3.8, 4) is 0 Å². The summed E-state index contributed by atoms with van der Waals surface area (Å²) in [5.41, 5.74) is 3.58. The zero-order valence-corrected chi connectivity index (χ0v) is 21.4. The Labute approximate surface area is 216 Å². The van der Waals surface area contributed by atoms with Gasteiger partial charge in [0, 0.05) is 18.7 Å². The minimum Gasteiger partial charge on any atom is -0.352 e. The Morgan fingerprint density at radius 3 is 2.36 bits per heavy atom. The summed E-state index contributed by atoms with van der Waals surface area (Å²) in [6.45, 7) is 5.27. The van der Waals surface area contributed by atoms with Crippen molar-refractivity contribution in [3.63, 3.8) is 0 Å². The number of amides is 3. The quantitative estimate of drug-likeness (QED) is 0.426. The normalized spacial score (nSPS) is 15.2. The van der Waals surface area contributed by atoms with Gasteiger partial charge < -0.3 is 15.5 Å². The maximum atomic E-state index is 13.0. The minimum absolute atomic E-state index is 0.0660. The number of nitrogens with zero attached hydrogens (tertiary/aromatic N) is 1. The number of nitrogens with one attached hydrogen (secondary N) is 2. The van der Waals surface area contributed by atoms with Gasteiger partial charge in [-0.3, -0.25) is 14.4 Å². The fraction of sp³-hybridized carbons (Fsp3) is 0.276. The Morgan fingerprint density at radius 2 is 1.64 bits per heavy atom. The highest BCUT2D eigenvalue weighted by Crippen LogP contribution is 2.38. The topological polar surface area (TPSA) is 78.5 Å². The molecule has 0 radical (unpaired) electrons. The summed E-state index contributed by atoms with van der Waals surface area (Å²) in [7, 11) is 0. The van der Waals surface area contributed by atoms with Crippen LogP contribution in [-0.2, 0) is 11.2 Å². The number of carbonyl (C=O) groups is 3. The molecule has 1 atom stereocenters. The Balaban J connectivity index is 1.42. The van der Waals surface area contributed by atoms with Gasteiger partial charge in [0.05, 0.1) is 17.0 Å². The van der Waals surface area contributed by atoms with Gasteiger partial charge in [-0.2, -0.15) is 0 Å². The molecule has 0 aliphatic carbocycles. The first-order valence-corrected chi connectivity index (χ1v) is 13.2. The lowest BCUT2D eigenvalue weighted by molar-refractivity contribution is -0.128. The zero-order valence-electron chi connectivity index (χ0n) is 20.6. The number of carbonyl (C=O) groups excluding carboxylic acids is 3. The summed E-state index contributed by atoms with van der Waals surface area (Å²) in [5, 5.41) is 5.70. The van der Waals surface area contributed by atoms with Crippen LogP contribution in [0.4, 0.5) is 5.69 Å². The van der Waals surface area contributed by atoms with Crippen LogP contribution in [0.1, 0.15) is 51.1 Å². The predicted octanol–water partition coefficient (Wildman–Crippen LogP) is 5.14. The van der Waals surface area contributed by atoms with Crippen LogP contribution < -0.4 is 10.6 Å². The van der Waals surface area contributed by atoms with E-state index in [-0.39, 0.29) is 23.1 Å². The van der Waals surface area contributed by atoms with E-state index in [0.717, 1.165) is 12.0 Å². The van der Waals surface area contributed by atoms with Gasteiger partial charge in [-0.15, -0.1) is 11.8 Å². The third kappa shape index (κ3) is 6.34. The number of para-hydroxylation sites is 1. The second-order valence-corrected chi connectivity index (χ2v) is 10.3. The van der Waals surface area contributed by atoms with Crippen LogP contribution in [-0.4, -0.2) is 41.5 Å². The standard InChI is InChI=1S/C29H31N3O3S/c1-20(2)18-30-28(35)24-10-6-7-11-25(24)31-27(34)22-12-14-23(15-13-22)29-32(26(33)19-36-29)17-16-21-8-4-3-5-9-21/h3-15,20,29H,16-19H2,1-2H3,(H,30,35)(H,31,34)/t29-/m1/s1. The first kappa shape index (κ1) is 25.5. The van der Waals surface area contributed by atoms with E-state index >= 15 is 0 Å². The van der Waals surface area contributed by atoms with Crippen molar-refractivity contribution in [2.45, 2.75) is 25.6 Å². The lowest BCUT2D eigenvalue weighted by Gasteiger charge is -2.24. The van der Waals surface area contributed by atoms with Gasteiger partial charge in [-0.05, 0) is 47.7 Å². The van der Waals surface area contributed by atoms with E-state index < -0.39 is 0 Å². The third-order valence-electron chi connectivity index (χ3n) is 6.00. The molecule has 1 heterocycles. The fourth-order valence-electron chi connectivity index (χ4n) is 4.04. The zero-order chi connectivity index (χ0) is 25.5. The van der Waals surface area contributed by atoms with Crippen LogP contribution >= 0.6 is 11.8 Å². The number of hydrogen-bond donors (Lipinski definition) is 2. The van der Waals surface area contributed by atoms with E-state index in [4.69, 9.17) is 0 Å². The van der Waals surface area contributed by atoms with Gasteiger partial charge in [0.1, 0.15) is 5.37 Å². The molecule has 1 aliphatic rings. The van der Waals surface area contributed by atoms with Crippen LogP contribution in [0.5, 0.6) is 0 Å². The fourth-order valence-corrected chi connectivity index (χ4v) is 5.26. The molecule has 0 spiro atoms. The summed E-state index contributed by atoms with van der Waals surface area (Å²) in [5.74, 6) is 0.416. The Hall–Kier alpha value is -3.58. The molecule has 1 fully saturated rings. The molecule has 36 heavy (non-hydrogen) atoms. The van der Waals surface area contributed by atoms with Crippen molar-refractivity contribution >= 4 is 35.2 Å². The SMILES string of the molecule is CC(C)CNC(=O)c1ccccc1NC(=O)c1ccc([C@H]2SCC(=O)N2CCc2ccccc2)cc1. The number of rotatable bonds is 9. The lowest BCUT2D eigenvalue weighted by Crippen LogP contribution is -2.30. The number of benzene rings is 3. The van der Waals surface area contributed by atoms with Crippen LogP contribution in [0.25, 0.3) is 0 Å². The molecule has 6 nitrogen and oxygen atoms in total. The smallest absolute Gasteiger partial charge is 0.255 e. The number of hydrogen-bond acceptors (Lipinski definition) is 4. The van der Waals surface area contributed by atoms with Crippen molar-refractivity contribution in [2.24, 2.45) is 5.92 Å². The van der Waals surface area contributed by atoms with E-state index in [9.17, 15) is 14.4 Å². The molecule has 3 amide bonds. The molecule has 3 aromatic rings. The molecular formula is C29H31N3O3S. The van der Waals surface area contributed by atoms with E-state index in [0.29, 0.717) is 41.6 Å². The second-order valence-electron chi connectivity index (χ2n) is 9.21. The third-order valence-corrected chi connectivity index (χ3v) is 7.26. The van der Waals surface area contributed by atoms with Crippen LogP contribution in [0.15, 0.2) is 78.9 Å². The largest absolute Gasteiger partial charge is 0.352 e. The summed E-state index contributed by atoms with van der Waals surface area (Å²) >= 11 is 1.61. The predicted molar refractivity (Wildman–Crippen MR) is 145 cm³/mol. The molecule has 0 bridgehead atoms. The van der Waals surface area contributed by atoms with Gasteiger partial charge in [-0.25, -0.2) is 0 Å². The molecule has 4 rings (SSSR count). The van der Waals surface area contributed by atoms with Crippen molar-refractivity contribution in [3.05, 3.63) is 101 Å². The average Bonchev–Trinajstić information content (AvgIpc) is 3.27. The summed E-state index contributed by atoms with van der Waals surface area (Å²) in [6, 6.07) is 24.5. The summed E-state index contributed by atoms with van der Waals surface area (Å²) < 4.78 is 0. The van der Waals surface area contributed by atoms with E-state index in [1.807, 2.05) is 49.1 Å². The Morgan fingerprint density at radius 1 is 0.944 bits per heavy atom. The molecular weight excluding hydrogens is 470 g/mol. The number of thioether (sulfide) groups is 1. The van der Waals surface area contributed by atoms with Crippen LogP contribution in [0, 0.1) is 5.92 Å². The van der Waals surface area contributed by atoms with E-state index in [2.05, 4.69) is 22.8 Å². The van der Waals surface area contributed by atoms with Crippen molar-refractivity contribution in [2.75, 3.05) is 24.2 Å². The molecule has 1 saturated heterocycles. The lowest BCUT2D eigenvalue weighted by atomic mass is 10.1. The minimum atomic E-state index is -0.290. The highest BCUT2D eigenvalue weighted by Gasteiger charge is 2.32. The molecule has 7 heteroatoms. The number of anilines is 1. The Bertz CT molecular complexity index is 1210. The molecule has 0 aromatic heterocycles. The second kappa shape index (κ2) is 11.9. The van der Waals surface area contributed by atoms with Crippen molar-refractivity contribution < 1.29 is 14.4 Å². The van der Waals surface area contributed by atoms with E-state index in [1.54, 1.807) is 48.2 Å². The Kier molecular flexibility index (Phi) is 8.44. The van der Waals surface area contributed by atoms with Gasteiger partial charge in [-0.1, -0.05) is 68.4 Å². The van der Waals surface area contributed by atoms with Crippen molar-refractivity contribution in [1.29, 1.82) is 0 Å². The average molecular weight is 502 g/mol. The maximum absolute atomic E-state index is 13.0. The maximum Gasteiger partial charge on any atom is 0.255 e. The molecule has 1 aliphatic heterocycles. The molecule has 0 saturated carbocycles. The monoisotopic (exact) mass is 501 g/mol. The van der Waals surface area contributed by atoms with Crippen LogP contribution in [0.3, 0.4) is 0 Å². The first-order chi connectivity index (χ1) is 17.4. The van der Waals surface area contributed by atoms with Crippen LogP contribution in [0.2, 0.25) is 0 Å². The molecule has 0 unspecified atom stereocenters. The van der Waals surface area contributed by atoms with Gasteiger partial charge in [0.15, 0.2) is 0 Å². The highest BCUT2D eigenvalue weighted by atomic mass is 32.2. The van der Waals surface area contributed by atoms with Gasteiger partial charge >= 0.3 is 0 Å². The van der Waals surface area contributed by atoms with E-state index in [1.165, 1.54) is 5.56 Å². The highest BCUT2D eigenvalue weighted by molar-refractivity contribution is 8.00. The van der Waals surface area contributed by atoms with Crippen molar-refractivity contribution in [1.82, 2.24) is 10.2 Å². The molecule has 2 N–H and O–H groups in total.